The van der Waals surface area contributed by atoms with E-state index in [-0.39, 0.29) is 11.9 Å². The smallest absolute Gasteiger partial charge is 0.228 e. The number of carbonyl (C=O) groups is 1. The molecule has 2 aliphatic rings. The van der Waals surface area contributed by atoms with Crippen LogP contribution in [0, 0.1) is 0 Å². The molecule has 0 radical (unpaired) electrons. The molecule has 0 aromatic carbocycles. The van der Waals surface area contributed by atoms with Gasteiger partial charge in [-0.15, -0.1) is 0 Å². The fourth-order valence-corrected chi connectivity index (χ4v) is 3.42. The Balaban J connectivity index is 1.49. The van der Waals surface area contributed by atoms with Crippen molar-refractivity contribution < 1.29 is 9.53 Å². The van der Waals surface area contributed by atoms with E-state index in [4.69, 9.17) is 9.72 Å². The van der Waals surface area contributed by atoms with Crippen LogP contribution in [0.2, 0.25) is 0 Å². The van der Waals surface area contributed by atoms with Crippen molar-refractivity contribution in [2.45, 2.75) is 25.9 Å². The molecule has 0 saturated carbocycles. The molecule has 1 saturated heterocycles. The Hall–Kier alpha value is -2.48. The average Bonchev–Trinajstić information content (AvgIpc) is 3.07. The van der Waals surface area contributed by atoms with Gasteiger partial charge < -0.3 is 19.1 Å². The van der Waals surface area contributed by atoms with E-state index in [0.29, 0.717) is 32.7 Å². The molecule has 2 aliphatic heterocycles. The summed E-state index contributed by atoms with van der Waals surface area (Å²) in [4.78, 5) is 29.9. The maximum atomic E-state index is 12.4. The van der Waals surface area contributed by atoms with Crippen LogP contribution < -0.4 is 4.90 Å². The van der Waals surface area contributed by atoms with Crippen molar-refractivity contribution in [2.24, 2.45) is 0 Å². The number of nitrogens with zero attached hydrogens (tertiary/aromatic N) is 6. The largest absolute Gasteiger partial charge is 0.378 e. The molecule has 2 aromatic heterocycles. The van der Waals surface area contributed by atoms with Crippen molar-refractivity contribution in [3.8, 4) is 0 Å². The number of imidazole rings is 1. The molecule has 1 amide bonds. The molecule has 0 spiro atoms. The summed E-state index contributed by atoms with van der Waals surface area (Å²) in [7, 11) is 0. The summed E-state index contributed by atoms with van der Waals surface area (Å²) >= 11 is 0. The van der Waals surface area contributed by atoms with Crippen LogP contribution in [0.1, 0.15) is 24.5 Å². The second-order valence-corrected chi connectivity index (χ2v) is 6.37. The Labute approximate surface area is 146 Å². The van der Waals surface area contributed by atoms with Gasteiger partial charge >= 0.3 is 0 Å². The van der Waals surface area contributed by atoms with Crippen LogP contribution in [0.15, 0.2) is 24.7 Å². The molecule has 8 nitrogen and oxygen atoms in total. The van der Waals surface area contributed by atoms with E-state index in [0.717, 1.165) is 30.6 Å². The molecule has 4 heterocycles. The number of amides is 1. The van der Waals surface area contributed by atoms with Gasteiger partial charge in [0.05, 0.1) is 31.4 Å². The van der Waals surface area contributed by atoms with Gasteiger partial charge in [0.15, 0.2) is 0 Å². The molecule has 25 heavy (non-hydrogen) atoms. The lowest BCUT2D eigenvalue weighted by Gasteiger charge is -2.33. The maximum absolute atomic E-state index is 12.4. The predicted octanol–water partition coefficient (Wildman–Crippen LogP) is 0.656. The zero-order valence-corrected chi connectivity index (χ0v) is 14.3. The molecule has 0 bridgehead atoms. The Morgan fingerprint density at radius 3 is 2.72 bits per heavy atom. The zero-order valence-electron chi connectivity index (χ0n) is 14.3. The first-order chi connectivity index (χ1) is 12.2. The number of carbonyl (C=O) groups excluding carboxylic acids is 1. The van der Waals surface area contributed by atoms with Crippen molar-refractivity contribution >= 4 is 11.9 Å². The first-order valence-corrected chi connectivity index (χ1v) is 8.67. The van der Waals surface area contributed by atoms with E-state index in [1.54, 1.807) is 12.4 Å². The summed E-state index contributed by atoms with van der Waals surface area (Å²) in [5.74, 6) is 1.80. The molecule has 1 unspecified atom stereocenters. The summed E-state index contributed by atoms with van der Waals surface area (Å²) < 4.78 is 7.45. The molecule has 1 fully saturated rings. The van der Waals surface area contributed by atoms with E-state index >= 15 is 0 Å². The lowest BCUT2D eigenvalue weighted by molar-refractivity contribution is -0.134. The van der Waals surface area contributed by atoms with E-state index in [1.807, 2.05) is 17.2 Å². The van der Waals surface area contributed by atoms with Crippen molar-refractivity contribution in [1.29, 1.82) is 0 Å². The van der Waals surface area contributed by atoms with Crippen LogP contribution in [0.4, 0.5) is 5.95 Å². The number of rotatable bonds is 3. The minimum Gasteiger partial charge on any atom is -0.378 e. The lowest BCUT2D eigenvalue weighted by atomic mass is 10.2. The van der Waals surface area contributed by atoms with Crippen molar-refractivity contribution in [3.05, 3.63) is 36.2 Å². The molecule has 0 N–H and O–H groups in total. The van der Waals surface area contributed by atoms with Gasteiger partial charge in [-0.05, 0) is 13.0 Å². The van der Waals surface area contributed by atoms with Crippen LogP contribution in [-0.4, -0.2) is 63.2 Å². The Bertz CT molecular complexity index is 741. The van der Waals surface area contributed by atoms with Crippen molar-refractivity contribution in [3.63, 3.8) is 0 Å². The second-order valence-electron chi connectivity index (χ2n) is 6.37. The maximum Gasteiger partial charge on any atom is 0.228 e. The highest BCUT2D eigenvalue weighted by Gasteiger charge is 2.28. The third-order valence-corrected chi connectivity index (χ3v) is 4.79. The van der Waals surface area contributed by atoms with Crippen molar-refractivity contribution in [2.75, 3.05) is 37.7 Å². The van der Waals surface area contributed by atoms with Gasteiger partial charge in [0.25, 0.3) is 0 Å². The van der Waals surface area contributed by atoms with Crippen LogP contribution in [0.25, 0.3) is 0 Å². The van der Waals surface area contributed by atoms with Crippen molar-refractivity contribution in [1.82, 2.24) is 24.4 Å². The number of fused-ring (bicyclic) bond motifs is 1. The zero-order chi connectivity index (χ0) is 17.2. The summed E-state index contributed by atoms with van der Waals surface area (Å²) in [5, 5.41) is 0. The highest BCUT2D eigenvalue weighted by Crippen LogP contribution is 2.27. The summed E-state index contributed by atoms with van der Waals surface area (Å²) in [6.45, 7) is 6.32. The second kappa shape index (κ2) is 6.79. The molecular formula is C17H22N6O2. The molecule has 8 heteroatoms. The number of morpholine rings is 1. The molecule has 0 aliphatic carbocycles. The number of hydrogen-bond donors (Lipinski definition) is 0. The first-order valence-electron chi connectivity index (χ1n) is 8.67. The minimum absolute atomic E-state index is 0.0726. The van der Waals surface area contributed by atoms with E-state index in [9.17, 15) is 4.79 Å². The van der Waals surface area contributed by atoms with Gasteiger partial charge in [-0.2, -0.15) is 0 Å². The summed E-state index contributed by atoms with van der Waals surface area (Å²) in [6, 6.07) is 1.89. The number of ether oxygens (including phenoxy) is 1. The van der Waals surface area contributed by atoms with Gasteiger partial charge in [-0.25, -0.2) is 15.0 Å². The van der Waals surface area contributed by atoms with Gasteiger partial charge in [0, 0.05) is 44.8 Å². The van der Waals surface area contributed by atoms with Gasteiger partial charge in [-0.3, -0.25) is 4.79 Å². The molecule has 1 atom stereocenters. The SMILES string of the molecule is CC1c2nc(CC(=O)N3CCOCC3)cn2CCN1c1ncccn1. The number of hydrogen-bond acceptors (Lipinski definition) is 6. The molecule has 2 aromatic rings. The highest BCUT2D eigenvalue weighted by molar-refractivity contribution is 5.78. The quantitative estimate of drug-likeness (QED) is 0.815. The van der Waals surface area contributed by atoms with E-state index in [1.165, 1.54) is 0 Å². The number of anilines is 1. The lowest BCUT2D eigenvalue weighted by Crippen LogP contribution is -2.41. The standard InChI is InChI=1S/C17H22N6O2/c1-13-16-20-14(11-15(24)21-7-9-25-10-8-21)12-22(16)5-6-23(13)17-18-3-2-4-19-17/h2-4,12-13H,5-11H2,1H3. The fourth-order valence-electron chi connectivity index (χ4n) is 3.42. The highest BCUT2D eigenvalue weighted by atomic mass is 16.5. The third kappa shape index (κ3) is 3.21. The van der Waals surface area contributed by atoms with Crippen LogP contribution in [-0.2, 0) is 22.5 Å². The first kappa shape index (κ1) is 16.0. The molecule has 132 valence electrons. The Morgan fingerprint density at radius 2 is 1.96 bits per heavy atom. The molecule has 4 rings (SSSR count). The van der Waals surface area contributed by atoms with Crippen LogP contribution in [0.5, 0.6) is 0 Å². The predicted molar refractivity (Wildman–Crippen MR) is 91.1 cm³/mol. The van der Waals surface area contributed by atoms with Gasteiger partial charge in [-0.1, -0.05) is 0 Å². The number of aromatic nitrogens is 4. The van der Waals surface area contributed by atoms with Gasteiger partial charge in [0.1, 0.15) is 5.82 Å². The van der Waals surface area contributed by atoms with Gasteiger partial charge in [0.2, 0.25) is 11.9 Å². The average molecular weight is 342 g/mol. The van der Waals surface area contributed by atoms with E-state index in [2.05, 4.69) is 26.4 Å². The summed E-state index contributed by atoms with van der Waals surface area (Å²) in [6.07, 6.45) is 5.85. The Kier molecular flexibility index (Phi) is 4.35. The fraction of sp³-hybridized carbons (Fsp3) is 0.529. The normalized spacial score (nSPS) is 20.4. The minimum atomic E-state index is 0.0726. The third-order valence-electron chi connectivity index (χ3n) is 4.79. The van der Waals surface area contributed by atoms with Crippen LogP contribution in [0.3, 0.4) is 0 Å². The summed E-state index contributed by atoms with van der Waals surface area (Å²) in [5.41, 5.74) is 0.828. The van der Waals surface area contributed by atoms with Crippen LogP contribution >= 0.6 is 0 Å². The Morgan fingerprint density at radius 1 is 1.20 bits per heavy atom. The monoisotopic (exact) mass is 342 g/mol. The molecular weight excluding hydrogens is 320 g/mol. The topological polar surface area (TPSA) is 76.4 Å². The van der Waals surface area contributed by atoms with E-state index < -0.39 is 0 Å².